The summed E-state index contributed by atoms with van der Waals surface area (Å²) in [6, 6.07) is 0. The van der Waals surface area contributed by atoms with Crippen LogP contribution in [0.1, 0.15) is 26.1 Å². The quantitative estimate of drug-likeness (QED) is 0.740. The summed E-state index contributed by atoms with van der Waals surface area (Å²) in [5.74, 6) is 2.59. The first-order chi connectivity index (χ1) is 6.81. The Labute approximate surface area is 83.9 Å². The summed E-state index contributed by atoms with van der Waals surface area (Å²) in [7, 11) is 0. The molecule has 1 fully saturated rings. The first-order valence-electron chi connectivity index (χ1n) is 5.27. The Hall–Kier alpha value is -0.970. The van der Waals surface area contributed by atoms with Crippen LogP contribution in [0.15, 0.2) is 0 Å². The number of nitrogens with one attached hydrogen (secondary N) is 1. The van der Waals surface area contributed by atoms with E-state index in [4.69, 9.17) is 0 Å². The van der Waals surface area contributed by atoms with Gasteiger partial charge in [0.25, 0.3) is 0 Å². The normalized spacial score (nSPS) is 25.3. The molecule has 0 saturated heterocycles. The lowest BCUT2D eigenvalue weighted by molar-refractivity contribution is 0.496. The van der Waals surface area contributed by atoms with E-state index < -0.39 is 0 Å². The van der Waals surface area contributed by atoms with Crippen molar-refractivity contribution < 1.29 is 0 Å². The van der Waals surface area contributed by atoms with Crippen molar-refractivity contribution in [1.29, 1.82) is 0 Å². The van der Waals surface area contributed by atoms with Crippen LogP contribution in [0, 0.1) is 11.8 Å². The lowest BCUT2D eigenvalue weighted by Gasteiger charge is -2.03. The van der Waals surface area contributed by atoms with E-state index in [1.807, 2.05) is 4.68 Å². The van der Waals surface area contributed by atoms with Crippen molar-refractivity contribution in [2.75, 3.05) is 6.54 Å². The van der Waals surface area contributed by atoms with Crippen LogP contribution in [0.5, 0.6) is 0 Å². The van der Waals surface area contributed by atoms with Crippen molar-refractivity contribution in [3.8, 4) is 0 Å². The molecule has 0 amide bonds. The maximum Gasteiger partial charge on any atom is 0.165 e. The summed E-state index contributed by atoms with van der Waals surface area (Å²) < 4.78 is 1.93. The van der Waals surface area contributed by atoms with Crippen molar-refractivity contribution in [1.82, 2.24) is 25.5 Å². The molecule has 0 spiro atoms. The van der Waals surface area contributed by atoms with Crippen molar-refractivity contribution >= 4 is 0 Å². The summed E-state index contributed by atoms with van der Waals surface area (Å²) in [6.45, 7) is 7.06. The monoisotopic (exact) mass is 195 g/mol. The molecule has 0 bridgehead atoms. The third-order valence-electron chi connectivity index (χ3n) is 2.82. The maximum absolute atomic E-state index is 4.00. The largest absolute Gasteiger partial charge is 0.310 e. The average Bonchev–Trinajstić information content (AvgIpc) is 2.70. The predicted octanol–water partition coefficient (Wildman–Crippen LogP) is 0.439. The highest BCUT2D eigenvalue weighted by molar-refractivity contribution is 4.86. The fraction of sp³-hybridized carbons (Fsp3) is 0.889. The van der Waals surface area contributed by atoms with Gasteiger partial charge in [-0.2, -0.15) is 0 Å². The molecule has 1 saturated carbocycles. The number of rotatable bonds is 5. The molecule has 1 aliphatic carbocycles. The molecule has 14 heavy (non-hydrogen) atoms. The maximum atomic E-state index is 4.00. The van der Waals surface area contributed by atoms with Crippen LogP contribution in [0.25, 0.3) is 0 Å². The summed E-state index contributed by atoms with van der Waals surface area (Å²) in [5.41, 5.74) is 0. The zero-order valence-electron chi connectivity index (χ0n) is 8.77. The van der Waals surface area contributed by atoms with Crippen molar-refractivity contribution in [2.24, 2.45) is 11.8 Å². The van der Waals surface area contributed by atoms with Crippen molar-refractivity contribution in [3.05, 3.63) is 5.82 Å². The van der Waals surface area contributed by atoms with Crippen molar-refractivity contribution in [2.45, 2.75) is 33.4 Å². The standard InChI is InChI=1S/C9H17N5/c1-3-10-5-9-11-12-13-14(9)6-8-4-7(8)2/h7-8,10H,3-6H2,1-2H3. The van der Waals surface area contributed by atoms with Crippen LogP contribution in [-0.4, -0.2) is 26.8 Å². The van der Waals surface area contributed by atoms with Gasteiger partial charge >= 0.3 is 0 Å². The second-order valence-electron chi connectivity index (χ2n) is 4.03. The molecule has 1 heterocycles. The lowest BCUT2D eigenvalue weighted by atomic mass is 10.3. The smallest absolute Gasteiger partial charge is 0.165 e. The lowest BCUT2D eigenvalue weighted by Crippen LogP contribution is -2.17. The second kappa shape index (κ2) is 4.04. The van der Waals surface area contributed by atoms with Crippen LogP contribution in [0.4, 0.5) is 0 Å². The molecule has 2 atom stereocenters. The van der Waals surface area contributed by atoms with E-state index in [1.54, 1.807) is 0 Å². The molecule has 0 aliphatic heterocycles. The van der Waals surface area contributed by atoms with Gasteiger partial charge in [-0.1, -0.05) is 13.8 Å². The summed E-state index contributed by atoms with van der Waals surface area (Å²) >= 11 is 0. The van der Waals surface area contributed by atoms with Gasteiger partial charge in [0.1, 0.15) is 0 Å². The highest BCUT2D eigenvalue weighted by atomic mass is 15.5. The Morgan fingerprint density at radius 2 is 2.36 bits per heavy atom. The van der Waals surface area contributed by atoms with Gasteiger partial charge in [-0.05, 0) is 35.2 Å². The molecule has 1 aliphatic rings. The van der Waals surface area contributed by atoms with Crippen LogP contribution >= 0.6 is 0 Å². The molecule has 2 unspecified atom stereocenters. The van der Waals surface area contributed by atoms with Gasteiger partial charge < -0.3 is 5.32 Å². The highest BCUT2D eigenvalue weighted by Crippen LogP contribution is 2.38. The van der Waals surface area contributed by atoms with Gasteiger partial charge in [-0.25, -0.2) is 4.68 Å². The predicted molar refractivity (Wildman–Crippen MR) is 52.5 cm³/mol. The van der Waals surface area contributed by atoms with E-state index in [1.165, 1.54) is 6.42 Å². The van der Waals surface area contributed by atoms with E-state index in [0.717, 1.165) is 37.3 Å². The molecular formula is C9H17N5. The van der Waals surface area contributed by atoms with Gasteiger partial charge in [0.05, 0.1) is 6.54 Å². The summed E-state index contributed by atoms with van der Waals surface area (Å²) in [6.07, 6.45) is 1.32. The number of nitrogens with zero attached hydrogens (tertiary/aromatic N) is 4. The number of hydrogen-bond donors (Lipinski definition) is 1. The van der Waals surface area contributed by atoms with Crippen molar-refractivity contribution in [3.63, 3.8) is 0 Å². The zero-order chi connectivity index (χ0) is 9.97. The second-order valence-corrected chi connectivity index (χ2v) is 4.03. The van der Waals surface area contributed by atoms with Gasteiger partial charge in [-0.3, -0.25) is 0 Å². The minimum absolute atomic E-state index is 0.768. The summed E-state index contributed by atoms with van der Waals surface area (Å²) in [5, 5.41) is 14.9. The number of tetrazole rings is 1. The van der Waals surface area contributed by atoms with Crippen LogP contribution in [0.3, 0.4) is 0 Å². The molecular weight excluding hydrogens is 178 g/mol. The Balaban J connectivity index is 1.91. The highest BCUT2D eigenvalue weighted by Gasteiger charge is 2.33. The zero-order valence-corrected chi connectivity index (χ0v) is 8.77. The molecule has 78 valence electrons. The minimum atomic E-state index is 0.768. The van der Waals surface area contributed by atoms with Gasteiger partial charge in [0.2, 0.25) is 0 Å². The molecule has 5 heteroatoms. The fourth-order valence-corrected chi connectivity index (χ4v) is 1.60. The molecule has 2 rings (SSSR count). The van der Waals surface area contributed by atoms with E-state index >= 15 is 0 Å². The van der Waals surface area contributed by atoms with E-state index in [0.29, 0.717) is 0 Å². The van der Waals surface area contributed by atoms with Gasteiger partial charge in [-0.15, -0.1) is 5.10 Å². The Morgan fingerprint density at radius 3 is 3.00 bits per heavy atom. The third kappa shape index (κ3) is 2.09. The first kappa shape index (κ1) is 9.58. The van der Waals surface area contributed by atoms with E-state index in [-0.39, 0.29) is 0 Å². The van der Waals surface area contributed by atoms with E-state index in [2.05, 4.69) is 34.7 Å². The summed E-state index contributed by atoms with van der Waals surface area (Å²) in [4.78, 5) is 0. The Bertz CT molecular complexity index is 295. The Kier molecular flexibility index (Phi) is 2.77. The van der Waals surface area contributed by atoms with Crippen LogP contribution in [0.2, 0.25) is 0 Å². The molecule has 0 aromatic carbocycles. The molecule has 1 aromatic rings. The number of aromatic nitrogens is 4. The minimum Gasteiger partial charge on any atom is -0.310 e. The topological polar surface area (TPSA) is 55.6 Å². The first-order valence-corrected chi connectivity index (χ1v) is 5.27. The SMILES string of the molecule is CCNCc1nnnn1CC1CC1C. The number of hydrogen-bond acceptors (Lipinski definition) is 4. The fourth-order valence-electron chi connectivity index (χ4n) is 1.60. The molecule has 0 radical (unpaired) electrons. The van der Waals surface area contributed by atoms with Crippen LogP contribution in [-0.2, 0) is 13.1 Å². The average molecular weight is 195 g/mol. The van der Waals surface area contributed by atoms with E-state index in [9.17, 15) is 0 Å². The third-order valence-corrected chi connectivity index (χ3v) is 2.82. The van der Waals surface area contributed by atoms with Gasteiger partial charge in [0.15, 0.2) is 5.82 Å². The van der Waals surface area contributed by atoms with Crippen LogP contribution < -0.4 is 5.32 Å². The van der Waals surface area contributed by atoms with Gasteiger partial charge in [0, 0.05) is 6.54 Å². The molecule has 1 N–H and O–H groups in total. The Morgan fingerprint density at radius 1 is 1.57 bits per heavy atom. The molecule has 5 nitrogen and oxygen atoms in total. The molecule has 1 aromatic heterocycles.